The standard InChI is InChI=1S/C26H31N3O7S/c1-17-21(18(2)36-28-17)16-35-22-10-8-19(14-24(22)34-4)26(30)27-20-9-11-23(33-3)25(15-20)37(31,32)29-12-6-5-7-13-29/h8-11,14-15H,5-7,12-13,16H2,1-4H3,(H,27,30). The fraction of sp³-hybridized carbons (Fsp3) is 0.385. The van der Waals surface area contributed by atoms with Crippen molar-refractivity contribution in [2.75, 3.05) is 32.6 Å². The highest BCUT2D eigenvalue weighted by atomic mass is 32.2. The van der Waals surface area contributed by atoms with Gasteiger partial charge in [0.25, 0.3) is 5.91 Å². The maximum absolute atomic E-state index is 13.3. The fourth-order valence-electron chi connectivity index (χ4n) is 4.19. The predicted molar refractivity (Wildman–Crippen MR) is 137 cm³/mol. The molecule has 1 aliphatic heterocycles. The van der Waals surface area contributed by atoms with Crippen molar-refractivity contribution in [3.8, 4) is 17.2 Å². The lowest BCUT2D eigenvalue weighted by Crippen LogP contribution is -2.35. The van der Waals surface area contributed by atoms with Gasteiger partial charge in [-0.3, -0.25) is 4.79 Å². The van der Waals surface area contributed by atoms with E-state index in [0.717, 1.165) is 30.5 Å². The number of benzene rings is 2. The zero-order valence-corrected chi connectivity index (χ0v) is 22.2. The molecule has 1 aliphatic rings. The summed E-state index contributed by atoms with van der Waals surface area (Å²) in [5, 5.41) is 6.69. The van der Waals surface area contributed by atoms with Crippen LogP contribution in [-0.4, -0.2) is 51.1 Å². The average molecular weight is 530 g/mol. The van der Waals surface area contributed by atoms with Crippen LogP contribution >= 0.6 is 0 Å². The van der Waals surface area contributed by atoms with Crippen molar-refractivity contribution in [2.45, 2.75) is 44.6 Å². The van der Waals surface area contributed by atoms with Crippen LogP contribution in [0.1, 0.15) is 46.6 Å². The molecular formula is C26H31N3O7S. The van der Waals surface area contributed by atoms with Gasteiger partial charge in [0.05, 0.1) is 25.5 Å². The minimum absolute atomic E-state index is 0.0235. The van der Waals surface area contributed by atoms with Crippen molar-refractivity contribution < 1.29 is 31.9 Å². The van der Waals surface area contributed by atoms with Crippen LogP contribution in [-0.2, 0) is 16.6 Å². The van der Waals surface area contributed by atoms with Gasteiger partial charge in [-0.2, -0.15) is 4.31 Å². The summed E-state index contributed by atoms with van der Waals surface area (Å²) in [6, 6.07) is 9.39. The highest BCUT2D eigenvalue weighted by Gasteiger charge is 2.29. The van der Waals surface area contributed by atoms with Crippen molar-refractivity contribution in [3.05, 3.63) is 59.0 Å². The monoisotopic (exact) mass is 529 g/mol. The molecule has 1 N–H and O–H groups in total. The van der Waals surface area contributed by atoms with Crippen LogP contribution in [0.15, 0.2) is 45.8 Å². The summed E-state index contributed by atoms with van der Waals surface area (Å²) >= 11 is 0. The van der Waals surface area contributed by atoms with Crippen LogP contribution in [0.5, 0.6) is 17.2 Å². The van der Waals surface area contributed by atoms with Gasteiger partial charge in [0.15, 0.2) is 11.5 Å². The van der Waals surface area contributed by atoms with Crippen molar-refractivity contribution in [3.63, 3.8) is 0 Å². The van der Waals surface area contributed by atoms with Gasteiger partial charge in [-0.15, -0.1) is 0 Å². The first kappa shape index (κ1) is 26.5. The number of ether oxygens (including phenoxy) is 3. The van der Waals surface area contributed by atoms with Crippen LogP contribution in [0.4, 0.5) is 5.69 Å². The third-order valence-corrected chi connectivity index (χ3v) is 8.25. The molecule has 10 nitrogen and oxygen atoms in total. The predicted octanol–water partition coefficient (Wildman–Crippen LogP) is 4.31. The Kier molecular flexibility index (Phi) is 8.03. The van der Waals surface area contributed by atoms with E-state index >= 15 is 0 Å². The number of carbonyl (C=O) groups excluding carboxylic acids is 1. The minimum Gasteiger partial charge on any atom is -0.495 e. The van der Waals surface area contributed by atoms with Crippen LogP contribution in [0.3, 0.4) is 0 Å². The number of rotatable bonds is 9. The molecule has 0 saturated carbocycles. The van der Waals surface area contributed by atoms with Crippen LogP contribution in [0, 0.1) is 13.8 Å². The van der Waals surface area contributed by atoms with Gasteiger partial charge < -0.3 is 24.1 Å². The molecule has 1 aromatic heterocycles. The molecule has 3 aromatic rings. The Morgan fingerprint density at radius 2 is 1.70 bits per heavy atom. The van der Waals surface area contributed by atoms with E-state index in [1.165, 1.54) is 24.6 Å². The van der Waals surface area contributed by atoms with Gasteiger partial charge in [0.2, 0.25) is 10.0 Å². The van der Waals surface area contributed by atoms with Crippen molar-refractivity contribution in [1.82, 2.24) is 9.46 Å². The molecule has 37 heavy (non-hydrogen) atoms. The van der Waals surface area contributed by atoms with E-state index in [-0.39, 0.29) is 17.3 Å². The zero-order valence-electron chi connectivity index (χ0n) is 21.4. The van der Waals surface area contributed by atoms with Crippen LogP contribution < -0.4 is 19.5 Å². The summed E-state index contributed by atoms with van der Waals surface area (Å²) in [6.07, 6.45) is 2.64. The first-order valence-corrected chi connectivity index (χ1v) is 13.4. The highest BCUT2D eigenvalue weighted by Crippen LogP contribution is 2.33. The molecule has 1 fully saturated rings. The molecule has 0 aliphatic carbocycles. The lowest BCUT2D eigenvalue weighted by molar-refractivity contribution is 0.102. The van der Waals surface area contributed by atoms with Crippen LogP contribution in [0.25, 0.3) is 0 Å². The molecule has 2 aromatic carbocycles. The molecule has 11 heteroatoms. The van der Waals surface area contributed by atoms with Gasteiger partial charge in [-0.25, -0.2) is 8.42 Å². The van der Waals surface area contributed by atoms with Gasteiger partial charge in [-0.1, -0.05) is 11.6 Å². The normalized spacial score (nSPS) is 14.3. The van der Waals surface area contributed by atoms with Crippen LogP contribution in [0.2, 0.25) is 0 Å². The number of carbonyl (C=O) groups is 1. The summed E-state index contributed by atoms with van der Waals surface area (Å²) in [7, 11) is -0.858. The van der Waals surface area contributed by atoms with Gasteiger partial charge in [0, 0.05) is 24.3 Å². The summed E-state index contributed by atoms with van der Waals surface area (Å²) in [5.74, 6) is 1.31. The second kappa shape index (κ2) is 11.2. The number of piperidine rings is 1. The minimum atomic E-state index is -3.77. The molecule has 4 rings (SSSR count). The molecule has 1 saturated heterocycles. The third-order valence-electron chi connectivity index (χ3n) is 6.33. The second-order valence-corrected chi connectivity index (χ2v) is 10.6. The quantitative estimate of drug-likeness (QED) is 0.435. The molecule has 198 valence electrons. The van der Waals surface area contributed by atoms with Crippen molar-refractivity contribution >= 4 is 21.6 Å². The lowest BCUT2D eigenvalue weighted by atomic mass is 10.1. The number of aryl methyl sites for hydroxylation is 2. The number of methoxy groups -OCH3 is 2. The van der Waals surface area contributed by atoms with Crippen molar-refractivity contribution in [1.29, 1.82) is 0 Å². The second-order valence-electron chi connectivity index (χ2n) is 8.74. The number of nitrogens with one attached hydrogen (secondary N) is 1. The molecule has 0 atom stereocenters. The van der Waals surface area contributed by atoms with E-state index in [9.17, 15) is 13.2 Å². The number of sulfonamides is 1. The number of aromatic nitrogens is 1. The number of amides is 1. The van der Waals surface area contributed by atoms with Gasteiger partial charge in [-0.05, 0) is 63.1 Å². The lowest BCUT2D eigenvalue weighted by Gasteiger charge is -2.26. The largest absolute Gasteiger partial charge is 0.495 e. The third kappa shape index (κ3) is 5.72. The summed E-state index contributed by atoms with van der Waals surface area (Å²) in [6.45, 7) is 4.82. The highest BCUT2D eigenvalue weighted by molar-refractivity contribution is 7.89. The zero-order chi connectivity index (χ0) is 26.6. The van der Waals surface area contributed by atoms with Gasteiger partial charge >= 0.3 is 0 Å². The number of hydrogen-bond donors (Lipinski definition) is 1. The number of anilines is 1. The molecule has 1 amide bonds. The Morgan fingerprint density at radius 3 is 2.35 bits per heavy atom. The average Bonchev–Trinajstić information content (AvgIpc) is 3.24. The molecule has 0 bridgehead atoms. The topological polar surface area (TPSA) is 120 Å². The number of nitrogens with zero attached hydrogens (tertiary/aromatic N) is 2. The van der Waals surface area contributed by atoms with E-state index in [4.69, 9.17) is 18.7 Å². The van der Waals surface area contributed by atoms with Crippen molar-refractivity contribution in [2.24, 2.45) is 0 Å². The Hall–Kier alpha value is -3.57. The smallest absolute Gasteiger partial charge is 0.255 e. The maximum Gasteiger partial charge on any atom is 0.255 e. The molecular weight excluding hydrogens is 498 g/mol. The molecule has 0 spiro atoms. The van der Waals surface area contributed by atoms with E-state index in [0.29, 0.717) is 41.6 Å². The summed E-state index contributed by atoms with van der Waals surface area (Å²) in [4.78, 5) is 13.0. The van der Waals surface area contributed by atoms with Gasteiger partial charge in [0.1, 0.15) is 23.0 Å². The Bertz CT molecular complexity index is 1360. The fourth-order valence-corrected chi connectivity index (χ4v) is 5.89. The van der Waals surface area contributed by atoms with E-state index < -0.39 is 15.9 Å². The van der Waals surface area contributed by atoms with E-state index in [1.807, 2.05) is 13.8 Å². The maximum atomic E-state index is 13.3. The molecule has 0 radical (unpaired) electrons. The summed E-state index contributed by atoms with van der Waals surface area (Å²) < 4.78 is 49.8. The number of hydrogen-bond acceptors (Lipinski definition) is 8. The SMILES string of the molecule is COc1cc(C(=O)Nc2ccc(OC)c(S(=O)(=O)N3CCCCC3)c2)ccc1OCc1c(C)noc1C. The molecule has 2 heterocycles. The Balaban J connectivity index is 1.52. The Morgan fingerprint density at radius 1 is 1.00 bits per heavy atom. The van der Waals surface area contributed by atoms with E-state index in [2.05, 4.69) is 10.5 Å². The molecule has 0 unspecified atom stereocenters. The van der Waals surface area contributed by atoms with E-state index in [1.54, 1.807) is 30.3 Å². The Labute approximate surface area is 216 Å². The first-order valence-electron chi connectivity index (χ1n) is 12.0. The summed E-state index contributed by atoms with van der Waals surface area (Å²) in [5.41, 5.74) is 2.24. The first-order chi connectivity index (χ1) is 17.7.